The van der Waals surface area contributed by atoms with Gasteiger partial charge in [0.2, 0.25) is 0 Å². The predicted octanol–water partition coefficient (Wildman–Crippen LogP) is 3.68. The van der Waals surface area contributed by atoms with Crippen molar-refractivity contribution >= 4 is 0 Å². The van der Waals surface area contributed by atoms with Crippen molar-refractivity contribution < 1.29 is 5.11 Å². The molecule has 2 heteroatoms. The van der Waals surface area contributed by atoms with E-state index in [1.165, 1.54) is 22.3 Å². The van der Waals surface area contributed by atoms with Gasteiger partial charge in [-0.3, -0.25) is 0 Å². The Morgan fingerprint density at radius 1 is 1.00 bits per heavy atom. The number of aliphatic hydroxyl groups is 1. The molecule has 0 bridgehead atoms. The van der Waals surface area contributed by atoms with E-state index in [9.17, 15) is 5.11 Å². The van der Waals surface area contributed by atoms with Crippen LogP contribution in [0.5, 0.6) is 0 Å². The second kappa shape index (κ2) is 6.28. The maximum Gasteiger partial charge on any atom is 0.0672 e. The van der Waals surface area contributed by atoms with E-state index in [1.807, 2.05) is 6.92 Å². The minimum absolute atomic E-state index is 0.103. The summed E-state index contributed by atoms with van der Waals surface area (Å²) in [4.78, 5) is 0. The van der Waals surface area contributed by atoms with Crippen LogP contribution in [0.1, 0.15) is 56.4 Å². The zero-order valence-corrected chi connectivity index (χ0v) is 14.2. The maximum atomic E-state index is 10.6. The standard InChI is InChI=1S/C18H31NO/c1-13-10-14(2)16(15(3)11-13)12-18(7,20)8-9-19-17(4,5)6/h10-11,19-20H,8-9,12H2,1-7H3. The molecule has 0 saturated carbocycles. The summed E-state index contributed by atoms with van der Waals surface area (Å²) in [6, 6.07) is 4.40. The van der Waals surface area contributed by atoms with Crippen LogP contribution in [0.15, 0.2) is 12.1 Å². The molecule has 114 valence electrons. The van der Waals surface area contributed by atoms with Gasteiger partial charge in [0.05, 0.1) is 5.60 Å². The first kappa shape index (κ1) is 17.2. The lowest BCUT2D eigenvalue weighted by atomic mass is 9.87. The van der Waals surface area contributed by atoms with Crippen molar-refractivity contribution in [3.8, 4) is 0 Å². The van der Waals surface area contributed by atoms with Crippen molar-refractivity contribution in [2.75, 3.05) is 6.54 Å². The van der Waals surface area contributed by atoms with Crippen molar-refractivity contribution in [2.24, 2.45) is 0 Å². The van der Waals surface area contributed by atoms with Crippen LogP contribution in [0, 0.1) is 20.8 Å². The summed E-state index contributed by atoms with van der Waals surface area (Å²) < 4.78 is 0. The van der Waals surface area contributed by atoms with Gasteiger partial charge in [0.25, 0.3) is 0 Å². The molecule has 1 aromatic rings. The Kier molecular flexibility index (Phi) is 5.39. The zero-order chi connectivity index (χ0) is 15.6. The Labute approximate surface area is 124 Å². The Morgan fingerprint density at radius 2 is 1.50 bits per heavy atom. The van der Waals surface area contributed by atoms with E-state index in [2.05, 4.69) is 59.0 Å². The second-order valence-corrected chi connectivity index (χ2v) is 7.48. The lowest BCUT2D eigenvalue weighted by Crippen LogP contribution is -2.40. The fraction of sp³-hybridized carbons (Fsp3) is 0.667. The number of hydrogen-bond acceptors (Lipinski definition) is 2. The highest BCUT2D eigenvalue weighted by molar-refractivity contribution is 5.38. The molecule has 0 spiro atoms. The van der Waals surface area contributed by atoms with Crippen LogP contribution in [0.25, 0.3) is 0 Å². The summed E-state index contributed by atoms with van der Waals surface area (Å²) in [6.45, 7) is 15.6. The minimum Gasteiger partial charge on any atom is -0.390 e. The Balaban J connectivity index is 2.71. The van der Waals surface area contributed by atoms with Crippen LogP contribution in [0.2, 0.25) is 0 Å². The summed E-state index contributed by atoms with van der Waals surface area (Å²) in [5, 5.41) is 14.1. The van der Waals surface area contributed by atoms with Gasteiger partial charge in [-0.2, -0.15) is 0 Å². The number of aryl methyl sites for hydroxylation is 3. The quantitative estimate of drug-likeness (QED) is 0.860. The maximum absolute atomic E-state index is 10.6. The van der Waals surface area contributed by atoms with Crippen LogP contribution in [0.4, 0.5) is 0 Å². The van der Waals surface area contributed by atoms with Gasteiger partial charge >= 0.3 is 0 Å². The van der Waals surface area contributed by atoms with E-state index in [4.69, 9.17) is 0 Å². The summed E-state index contributed by atoms with van der Waals surface area (Å²) in [6.07, 6.45) is 1.48. The molecule has 1 rings (SSSR count). The van der Waals surface area contributed by atoms with Gasteiger partial charge in [-0.15, -0.1) is 0 Å². The van der Waals surface area contributed by atoms with Gasteiger partial charge in [-0.1, -0.05) is 17.7 Å². The van der Waals surface area contributed by atoms with Gasteiger partial charge in [0.15, 0.2) is 0 Å². The summed E-state index contributed by atoms with van der Waals surface area (Å²) >= 11 is 0. The van der Waals surface area contributed by atoms with Gasteiger partial charge < -0.3 is 10.4 Å². The third-order valence-corrected chi connectivity index (χ3v) is 3.72. The van der Waals surface area contributed by atoms with E-state index >= 15 is 0 Å². The fourth-order valence-electron chi connectivity index (χ4n) is 2.66. The van der Waals surface area contributed by atoms with Crippen molar-refractivity contribution in [1.82, 2.24) is 5.32 Å². The van der Waals surface area contributed by atoms with Crippen LogP contribution >= 0.6 is 0 Å². The fourth-order valence-corrected chi connectivity index (χ4v) is 2.66. The van der Waals surface area contributed by atoms with Crippen molar-refractivity contribution in [3.63, 3.8) is 0 Å². The summed E-state index contributed by atoms with van der Waals surface area (Å²) in [7, 11) is 0. The molecular weight excluding hydrogens is 246 g/mol. The Hall–Kier alpha value is -0.860. The van der Waals surface area contributed by atoms with Crippen molar-refractivity contribution in [1.29, 1.82) is 0 Å². The molecule has 0 radical (unpaired) electrons. The molecular formula is C18H31NO. The molecule has 2 N–H and O–H groups in total. The van der Waals surface area contributed by atoms with Gasteiger partial charge in [0.1, 0.15) is 0 Å². The number of benzene rings is 1. The minimum atomic E-state index is -0.664. The highest BCUT2D eigenvalue weighted by Gasteiger charge is 2.23. The number of hydrogen-bond donors (Lipinski definition) is 2. The van der Waals surface area contributed by atoms with Gasteiger partial charge in [-0.05, 0) is 78.1 Å². The van der Waals surface area contributed by atoms with Crippen molar-refractivity contribution in [3.05, 3.63) is 34.4 Å². The summed E-state index contributed by atoms with van der Waals surface area (Å²) in [5.74, 6) is 0. The largest absolute Gasteiger partial charge is 0.390 e. The molecule has 0 aromatic heterocycles. The molecule has 2 nitrogen and oxygen atoms in total. The smallest absolute Gasteiger partial charge is 0.0672 e. The monoisotopic (exact) mass is 277 g/mol. The van der Waals surface area contributed by atoms with Crippen LogP contribution < -0.4 is 5.32 Å². The van der Waals surface area contributed by atoms with E-state index in [1.54, 1.807) is 0 Å². The van der Waals surface area contributed by atoms with Crippen LogP contribution in [0.3, 0.4) is 0 Å². The first-order valence-corrected chi connectivity index (χ1v) is 7.54. The zero-order valence-electron chi connectivity index (χ0n) is 14.2. The molecule has 0 fully saturated rings. The predicted molar refractivity (Wildman–Crippen MR) is 87.4 cm³/mol. The third kappa shape index (κ3) is 5.64. The highest BCUT2D eigenvalue weighted by atomic mass is 16.3. The van der Waals surface area contributed by atoms with E-state index in [-0.39, 0.29) is 5.54 Å². The van der Waals surface area contributed by atoms with Crippen molar-refractivity contribution in [2.45, 2.75) is 72.4 Å². The third-order valence-electron chi connectivity index (χ3n) is 3.72. The Morgan fingerprint density at radius 3 is 1.95 bits per heavy atom. The molecule has 20 heavy (non-hydrogen) atoms. The molecule has 0 saturated heterocycles. The molecule has 0 aliphatic heterocycles. The van der Waals surface area contributed by atoms with Gasteiger partial charge in [0, 0.05) is 12.0 Å². The Bertz CT molecular complexity index is 432. The molecule has 0 aliphatic rings. The SMILES string of the molecule is Cc1cc(C)c(CC(C)(O)CCNC(C)(C)C)c(C)c1. The van der Waals surface area contributed by atoms with E-state index in [0.29, 0.717) is 0 Å². The summed E-state index contributed by atoms with van der Waals surface area (Å²) in [5.41, 5.74) is 4.58. The first-order valence-electron chi connectivity index (χ1n) is 7.54. The average molecular weight is 277 g/mol. The molecule has 0 heterocycles. The molecule has 0 aliphatic carbocycles. The first-order chi connectivity index (χ1) is 9.00. The van der Waals surface area contributed by atoms with Gasteiger partial charge in [-0.25, -0.2) is 0 Å². The van der Waals surface area contributed by atoms with Crippen LogP contribution in [-0.4, -0.2) is 22.8 Å². The van der Waals surface area contributed by atoms with Crippen LogP contribution in [-0.2, 0) is 6.42 Å². The van der Waals surface area contributed by atoms with E-state index in [0.717, 1.165) is 19.4 Å². The number of rotatable bonds is 5. The highest BCUT2D eigenvalue weighted by Crippen LogP contribution is 2.23. The molecule has 1 aromatic carbocycles. The van der Waals surface area contributed by atoms with E-state index < -0.39 is 5.60 Å². The molecule has 1 atom stereocenters. The molecule has 1 unspecified atom stereocenters. The lowest BCUT2D eigenvalue weighted by molar-refractivity contribution is 0.0496. The second-order valence-electron chi connectivity index (χ2n) is 7.48. The lowest BCUT2D eigenvalue weighted by Gasteiger charge is -2.28. The topological polar surface area (TPSA) is 32.3 Å². The average Bonchev–Trinajstić information content (AvgIpc) is 2.21. The normalized spacial score (nSPS) is 15.2. The number of nitrogens with one attached hydrogen (secondary N) is 1. The molecule has 0 amide bonds.